The number of rotatable bonds is 5. The fourth-order valence-electron chi connectivity index (χ4n) is 1.73. The lowest BCUT2D eigenvalue weighted by molar-refractivity contribution is 0.0602. The van der Waals surface area contributed by atoms with Crippen molar-refractivity contribution >= 4 is 17.3 Å². The Morgan fingerprint density at radius 2 is 2.11 bits per heavy atom. The monoisotopic (exact) mass is 268 g/mol. The second kappa shape index (κ2) is 6.41. The molecule has 1 rings (SSSR count). The molecule has 0 saturated carbocycles. The first-order chi connectivity index (χ1) is 8.86. The summed E-state index contributed by atoms with van der Waals surface area (Å²) in [4.78, 5) is 13.3. The molecule has 0 atom stereocenters. The second-order valence-electron chi connectivity index (χ2n) is 4.99. The van der Waals surface area contributed by atoms with Crippen LogP contribution >= 0.6 is 0 Å². The molecular weight excluding hydrogens is 247 g/mol. The van der Waals surface area contributed by atoms with Crippen LogP contribution in [-0.4, -0.2) is 26.7 Å². The van der Waals surface area contributed by atoms with Crippen molar-refractivity contribution in [3.05, 3.63) is 23.5 Å². The maximum absolute atomic E-state index is 13.9. The minimum absolute atomic E-state index is 0.0883. The standard InChI is InChI=1S/C14H21FN2O2/c1-9(2)5-6-17(3)13-7-10(14(18)19-4)12(16)8-11(13)15/h7-9H,5-6,16H2,1-4H3. The number of hydrogen-bond acceptors (Lipinski definition) is 4. The number of nitrogens with zero attached hydrogens (tertiary/aromatic N) is 1. The van der Waals surface area contributed by atoms with Crippen LogP contribution in [0.2, 0.25) is 0 Å². The van der Waals surface area contributed by atoms with Crippen LogP contribution in [0.1, 0.15) is 30.6 Å². The molecule has 0 aliphatic heterocycles. The van der Waals surface area contributed by atoms with Crippen molar-refractivity contribution in [2.45, 2.75) is 20.3 Å². The molecule has 1 aromatic carbocycles. The van der Waals surface area contributed by atoms with E-state index in [2.05, 4.69) is 18.6 Å². The largest absolute Gasteiger partial charge is 0.465 e. The Morgan fingerprint density at radius 1 is 1.47 bits per heavy atom. The lowest BCUT2D eigenvalue weighted by atomic mass is 10.1. The summed E-state index contributed by atoms with van der Waals surface area (Å²) in [6, 6.07) is 2.60. The van der Waals surface area contributed by atoms with E-state index in [1.807, 2.05) is 0 Å². The summed E-state index contributed by atoms with van der Waals surface area (Å²) in [7, 11) is 3.06. The molecule has 0 radical (unpaired) electrons. The summed E-state index contributed by atoms with van der Waals surface area (Å²) in [6.45, 7) is 4.92. The molecule has 2 N–H and O–H groups in total. The van der Waals surface area contributed by atoms with Crippen LogP contribution in [0.3, 0.4) is 0 Å². The number of ether oxygens (including phenoxy) is 1. The minimum atomic E-state index is -0.559. The van der Waals surface area contributed by atoms with E-state index in [4.69, 9.17) is 5.73 Å². The predicted octanol–water partition coefficient (Wildman–Crippen LogP) is 2.68. The zero-order valence-corrected chi connectivity index (χ0v) is 11.9. The van der Waals surface area contributed by atoms with Crippen LogP contribution in [0, 0.1) is 11.7 Å². The third-order valence-corrected chi connectivity index (χ3v) is 2.98. The zero-order chi connectivity index (χ0) is 14.6. The van der Waals surface area contributed by atoms with E-state index in [-0.39, 0.29) is 11.3 Å². The first-order valence-electron chi connectivity index (χ1n) is 6.25. The Balaban J connectivity index is 3.03. The van der Waals surface area contributed by atoms with Crippen molar-refractivity contribution in [1.82, 2.24) is 0 Å². The van der Waals surface area contributed by atoms with E-state index in [1.54, 1.807) is 11.9 Å². The van der Waals surface area contributed by atoms with Gasteiger partial charge in [-0.15, -0.1) is 0 Å². The third-order valence-electron chi connectivity index (χ3n) is 2.98. The maximum Gasteiger partial charge on any atom is 0.340 e. The van der Waals surface area contributed by atoms with E-state index in [0.29, 0.717) is 18.2 Å². The van der Waals surface area contributed by atoms with Gasteiger partial charge in [0.25, 0.3) is 0 Å². The summed E-state index contributed by atoms with van der Waals surface area (Å²) in [5, 5.41) is 0. The van der Waals surface area contributed by atoms with Gasteiger partial charge in [0.2, 0.25) is 0 Å². The van der Waals surface area contributed by atoms with E-state index < -0.39 is 11.8 Å². The van der Waals surface area contributed by atoms with Gasteiger partial charge in [0.1, 0.15) is 5.82 Å². The average Bonchev–Trinajstić information content (AvgIpc) is 2.35. The van der Waals surface area contributed by atoms with E-state index in [1.165, 1.54) is 13.2 Å². The summed E-state index contributed by atoms with van der Waals surface area (Å²) in [6.07, 6.45) is 0.938. The predicted molar refractivity (Wildman–Crippen MR) is 74.9 cm³/mol. The molecule has 0 aromatic heterocycles. The Labute approximate surface area is 113 Å². The molecule has 1 aromatic rings. The average molecular weight is 268 g/mol. The molecule has 5 heteroatoms. The number of nitrogen functional groups attached to an aromatic ring is 1. The molecule has 0 fully saturated rings. The van der Waals surface area contributed by atoms with Crippen LogP contribution in [0.5, 0.6) is 0 Å². The van der Waals surface area contributed by atoms with Crippen molar-refractivity contribution in [3.8, 4) is 0 Å². The molecule has 0 aliphatic rings. The number of methoxy groups -OCH3 is 1. The van der Waals surface area contributed by atoms with Gasteiger partial charge in [-0.3, -0.25) is 0 Å². The van der Waals surface area contributed by atoms with Gasteiger partial charge in [-0.25, -0.2) is 9.18 Å². The lowest BCUT2D eigenvalue weighted by Gasteiger charge is -2.22. The van der Waals surface area contributed by atoms with Gasteiger partial charge >= 0.3 is 5.97 Å². The van der Waals surface area contributed by atoms with E-state index in [0.717, 1.165) is 12.5 Å². The highest BCUT2D eigenvalue weighted by atomic mass is 19.1. The zero-order valence-electron chi connectivity index (χ0n) is 11.9. The number of carbonyl (C=O) groups is 1. The van der Waals surface area contributed by atoms with Gasteiger partial charge in [0.05, 0.1) is 18.4 Å². The van der Waals surface area contributed by atoms with Crippen molar-refractivity contribution < 1.29 is 13.9 Å². The number of benzene rings is 1. The fraction of sp³-hybridized carbons (Fsp3) is 0.500. The minimum Gasteiger partial charge on any atom is -0.465 e. The van der Waals surface area contributed by atoms with Crippen LogP contribution in [0.25, 0.3) is 0 Å². The van der Waals surface area contributed by atoms with Crippen LogP contribution < -0.4 is 10.6 Å². The van der Waals surface area contributed by atoms with Crippen LogP contribution in [0.4, 0.5) is 15.8 Å². The number of esters is 1. The van der Waals surface area contributed by atoms with Crippen molar-refractivity contribution in [2.24, 2.45) is 5.92 Å². The summed E-state index contributed by atoms with van der Waals surface area (Å²) in [5.74, 6) is -0.466. The first kappa shape index (κ1) is 15.3. The molecular formula is C14H21FN2O2. The Morgan fingerprint density at radius 3 is 2.63 bits per heavy atom. The number of nitrogens with two attached hydrogens (primary N) is 1. The molecule has 0 unspecified atom stereocenters. The first-order valence-corrected chi connectivity index (χ1v) is 6.25. The fourth-order valence-corrected chi connectivity index (χ4v) is 1.73. The van der Waals surface area contributed by atoms with E-state index >= 15 is 0 Å². The van der Waals surface area contributed by atoms with Crippen LogP contribution in [0.15, 0.2) is 12.1 Å². The number of anilines is 2. The molecule has 0 heterocycles. The van der Waals surface area contributed by atoms with Crippen molar-refractivity contribution in [1.29, 1.82) is 0 Å². The maximum atomic E-state index is 13.9. The molecule has 0 spiro atoms. The van der Waals surface area contributed by atoms with Gasteiger partial charge in [-0.2, -0.15) is 0 Å². The van der Waals surface area contributed by atoms with E-state index in [9.17, 15) is 9.18 Å². The third kappa shape index (κ3) is 3.84. The van der Waals surface area contributed by atoms with Gasteiger partial charge in [0.15, 0.2) is 0 Å². The highest BCUT2D eigenvalue weighted by Crippen LogP contribution is 2.25. The molecule has 106 valence electrons. The van der Waals surface area contributed by atoms with Gasteiger partial charge in [-0.05, 0) is 24.5 Å². The van der Waals surface area contributed by atoms with Crippen LogP contribution in [-0.2, 0) is 4.74 Å². The highest BCUT2D eigenvalue weighted by molar-refractivity contribution is 5.96. The molecule has 0 amide bonds. The quantitative estimate of drug-likeness (QED) is 0.659. The molecule has 0 aliphatic carbocycles. The van der Waals surface area contributed by atoms with Gasteiger partial charge in [-0.1, -0.05) is 13.8 Å². The molecule has 0 saturated heterocycles. The van der Waals surface area contributed by atoms with Crippen molar-refractivity contribution in [2.75, 3.05) is 31.3 Å². The molecule has 4 nitrogen and oxygen atoms in total. The molecule has 0 bridgehead atoms. The van der Waals surface area contributed by atoms with Gasteiger partial charge in [0, 0.05) is 19.3 Å². The summed E-state index contributed by atoms with van der Waals surface area (Å²) in [5.41, 5.74) is 6.26. The SMILES string of the molecule is COC(=O)c1cc(N(C)CCC(C)C)c(F)cc1N. The lowest BCUT2D eigenvalue weighted by Crippen LogP contribution is -2.22. The smallest absolute Gasteiger partial charge is 0.340 e. The Bertz CT molecular complexity index is 461. The Hall–Kier alpha value is -1.78. The Kier molecular flexibility index (Phi) is 5.15. The summed E-state index contributed by atoms with van der Waals surface area (Å²) >= 11 is 0. The molecule has 19 heavy (non-hydrogen) atoms. The second-order valence-corrected chi connectivity index (χ2v) is 4.99. The normalized spacial score (nSPS) is 10.6. The summed E-state index contributed by atoms with van der Waals surface area (Å²) < 4.78 is 18.5. The van der Waals surface area contributed by atoms with Crippen molar-refractivity contribution in [3.63, 3.8) is 0 Å². The van der Waals surface area contributed by atoms with Gasteiger partial charge < -0.3 is 15.4 Å². The number of hydrogen-bond donors (Lipinski definition) is 1. The highest BCUT2D eigenvalue weighted by Gasteiger charge is 2.16. The number of halogens is 1. The number of carbonyl (C=O) groups excluding carboxylic acids is 1. The topological polar surface area (TPSA) is 55.6 Å².